The zero-order valence-electron chi connectivity index (χ0n) is 11.2. The Balaban J connectivity index is 1.60. The third kappa shape index (κ3) is 2.94. The van der Waals surface area contributed by atoms with Gasteiger partial charge < -0.3 is 9.47 Å². The van der Waals surface area contributed by atoms with Gasteiger partial charge in [-0.05, 0) is 31.0 Å². The molecule has 1 aromatic carbocycles. The molecule has 6 heteroatoms. The van der Waals surface area contributed by atoms with Gasteiger partial charge in [-0.1, -0.05) is 23.4 Å². The molecule has 0 atom stereocenters. The van der Waals surface area contributed by atoms with Crippen LogP contribution in [-0.2, 0) is 0 Å². The van der Waals surface area contributed by atoms with E-state index >= 15 is 0 Å². The van der Waals surface area contributed by atoms with Crippen molar-refractivity contribution in [2.24, 2.45) is 0 Å². The lowest BCUT2D eigenvalue weighted by Crippen LogP contribution is -2.15. The molecule has 1 saturated carbocycles. The molecule has 0 saturated heterocycles. The molecule has 1 aliphatic heterocycles. The van der Waals surface area contributed by atoms with Crippen molar-refractivity contribution in [2.75, 3.05) is 13.2 Å². The summed E-state index contributed by atoms with van der Waals surface area (Å²) in [6.45, 7) is 1.19. The van der Waals surface area contributed by atoms with Crippen molar-refractivity contribution in [3.05, 3.63) is 35.2 Å². The van der Waals surface area contributed by atoms with Crippen LogP contribution in [0.2, 0.25) is 5.15 Å². The summed E-state index contributed by atoms with van der Waals surface area (Å²) in [5.74, 6) is 2.93. The Labute approximate surface area is 131 Å². The average molecular weight is 321 g/mol. The van der Waals surface area contributed by atoms with E-state index in [1.54, 1.807) is 17.8 Å². The number of rotatable bonds is 3. The summed E-state index contributed by atoms with van der Waals surface area (Å²) in [4.78, 5) is 9.95. The predicted molar refractivity (Wildman–Crippen MR) is 80.6 cm³/mol. The Kier molecular flexibility index (Phi) is 3.39. The molecule has 2 aromatic rings. The summed E-state index contributed by atoms with van der Waals surface area (Å²) in [5.41, 5.74) is 0. The summed E-state index contributed by atoms with van der Waals surface area (Å²) < 4.78 is 11.1. The van der Waals surface area contributed by atoms with Gasteiger partial charge >= 0.3 is 0 Å². The molecule has 1 aromatic heterocycles. The molecule has 0 spiro atoms. The Morgan fingerprint density at radius 1 is 1.05 bits per heavy atom. The number of nitrogens with zero attached hydrogens (tertiary/aromatic N) is 2. The van der Waals surface area contributed by atoms with Crippen molar-refractivity contribution in [3.8, 4) is 11.5 Å². The number of benzene rings is 1. The monoisotopic (exact) mass is 320 g/mol. The lowest BCUT2D eigenvalue weighted by molar-refractivity contribution is 0.171. The van der Waals surface area contributed by atoms with E-state index in [1.807, 2.05) is 18.2 Å². The number of fused-ring (bicyclic) bond motifs is 1. The molecule has 1 fully saturated rings. The molecule has 108 valence electrons. The van der Waals surface area contributed by atoms with Gasteiger partial charge in [0.15, 0.2) is 11.5 Å². The van der Waals surface area contributed by atoms with E-state index in [0.717, 1.165) is 40.1 Å². The second-order valence-electron chi connectivity index (χ2n) is 5.07. The summed E-state index contributed by atoms with van der Waals surface area (Å²) in [6, 6.07) is 7.72. The van der Waals surface area contributed by atoms with Crippen LogP contribution in [0.5, 0.6) is 11.5 Å². The zero-order valence-corrected chi connectivity index (χ0v) is 12.8. The summed E-state index contributed by atoms with van der Waals surface area (Å²) in [5, 5.41) is 1.38. The molecule has 4 nitrogen and oxygen atoms in total. The van der Waals surface area contributed by atoms with Crippen LogP contribution in [0.3, 0.4) is 0 Å². The summed E-state index contributed by atoms with van der Waals surface area (Å²) in [6.07, 6.45) is 2.32. The minimum absolute atomic E-state index is 0.489. The topological polar surface area (TPSA) is 44.2 Å². The molecule has 21 heavy (non-hydrogen) atoms. The molecule has 0 radical (unpaired) electrons. The van der Waals surface area contributed by atoms with E-state index in [1.165, 1.54) is 0 Å². The van der Waals surface area contributed by atoms with Crippen molar-refractivity contribution >= 4 is 23.4 Å². The van der Waals surface area contributed by atoms with Crippen LogP contribution in [0.15, 0.2) is 34.2 Å². The van der Waals surface area contributed by atoms with Crippen molar-refractivity contribution in [1.82, 2.24) is 9.97 Å². The molecule has 0 N–H and O–H groups in total. The molecule has 0 unspecified atom stereocenters. The standard InChI is InChI=1S/C15H13ClN2O2S/c16-13-8-14(18-15(17-13)9-1-2-9)21-10-3-4-11-12(7-10)20-6-5-19-11/h3-4,7-9H,1-2,5-6H2. The third-order valence-corrected chi connectivity index (χ3v) is 4.47. The van der Waals surface area contributed by atoms with Crippen molar-refractivity contribution in [2.45, 2.75) is 28.7 Å². The van der Waals surface area contributed by atoms with Gasteiger partial charge in [-0.15, -0.1) is 0 Å². The van der Waals surface area contributed by atoms with Crippen LogP contribution in [-0.4, -0.2) is 23.2 Å². The fourth-order valence-corrected chi connectivity index (χ4v) is 3.31. The number of halogens is 1. The first kappa shape index (κ1) is 13.2. The highest BCUT2D eigenvalue weighted by Gasteiger charge is 2.27. The van der Waals surface area contributed by atoms with Crippen LogP contribution in [0, 0.1) is 0 Å². The number of aromatic nitrogens is 2. The summed E-state index contributed by atoms with van der Waals surface area (Å²) >= 11 is 7.66. The largest absolute Gasteiger partial charge is 0.486 e. The molecule has 1 aliphatic carbocycles. The van der Waals surface area contributed by atoms with Crippen LogP contribution in [0.1, 0.15) is 24.6 Å². The molecule has 2 aliphatic rings. The van der Waals surface area contributed by atoms with E-state index in [2.05, 4.69) is 9.97 Å². The number of ether oxygens (including phenoxy) is 2. The second kappa shape index (κ2) is 5.39. The second-order valence-corrected chi connectivity index (χ2v) is 6.55. The van der Waals surface area contributed by atoms with Gasteiger partial charge in [0, 0.05) is 16.9 Å². The predicted octanol–water partition coefficient (Wildman–Crippen LogP) is 3.93. The van der Waals surface area contributed by atoms with Gasteiger partial charge in [-0.3, -0.25) is 0 Å². The Morgan fingerprint density at radius 3 is 2.67 bits per heavy atom. The molecule has 0 amide bonds. The Bertz CT molecular complexity index is 691. The Morgan fingerprint density at radius 2 is 1.86 bits per heavy atom. The van der Waals surface area contributed by atoms with Gasteiger partial charge in [0.1, 0.15) is 29.2 Å². The third-order valence-electron chi connectivity index (χ3n) is 3.37. The maximum atomic E-state index is 6.09. The SMILES string of the molecule is Clc1cc(Sc2ccc3c(c2)OCCO3)nc(C2CC2)n1. The highest BCUT2D eigenvalue weighted by molar-refractivity contribution is 7.99. The molecular formula is C15H13ClN2O2S. The van der Waals surface area contributed by atoms with Crippen LogP contribution < -0.4 is 9.47 Å². The first-order valence-electron chi connectivity index (χ1n) is 6.90. The quantitative estimate of drug-likeness (QED) is 0.802. The van der Waals surface area contributed by atoms with Gasteiger partial charge in [-0.2, -0.15) is 0 Å². The van der Waals surface area contributed by atoms with Crippen molar-refractivity contribution < 1.29 is 9.47 Å². The van der Waals surface area contributed by atoms with E-state index in [0.29, 0.717) is 24.3 Å². The maximum Gasteiger partial charge on any atom is 0.162 e. The van der Waals surface area contributed by atoms with Crippen LogP contribution >= 0.6 is 23.4 Å². The highest BCUT2D eigenvalue weighted by Crippen LogP contribution is 2.40. The van der Waals surface area contributed by atoms with Crippen LogP contribution in [0.4, 0.5) is 0 Å². The summed E-state index contributed by atoms with van der Waals surface area (Å²) in [7, 11) is 0. The zero-order chi connectivity index (χ0) is 14.2. The number of hydrogen-bond acceptors (Lipinski definition) is 5. The molecule has 4 rings (SSSR count). The van der Waals surface area contributed by atoms with E-state index in [4.69, 9.17) is 21.1 Å². The molecule has 2 heterocycles. The normalized spacial score (nSPS) is 16.8. The first-order chi connectivity index (χ1) is 10.3. The maximum absolute atomic E-state index is 6.09. The lowest BCUT2D eigenvalue weighted by Gasteiger charge is -2.18. The smallest absolute Gasteiger partial charge is 0.162 e. The molecule has 0 bridgehead atoms. The van der Waals surface area contributed by atoms with Crippen molar-refractivity contribution in [3.63, 3.8) is 0 Å². The van der Waals surface area contributed by atoms with Gasteiger partial charge in [0.25, 0.3) is 0 Å². The van der Waals surface area contributed by atoms with Gasteiger partial charge in [0.05, 0.1) is 0 Å². The Hall–Kier alpha value is -1.46. The van der Waals surface area contributed by atoms with Gasteiger partial charge in [-0.25, -0.2) is 9.97 Å². The van der Waals surface area contributed by atoms with Crippen molar-refractivity contribution in [1.29, 1.82) is 0 Å². The van der Waals surface area contributed by atoms with E-state index in [9.17, 15) is 0 Å². The fraction of sp³-hybridized carbons (Fsp3) is 0.333. The minimum atomic E-state index is 0.489. The lowest BCUT2D eigenvalue weighted by atomic mass is 10.3. The van der Waals surface area contributed by atoms with E-state index < -0.39 is 0 Å². The first-order valence-corrected chi connectivity index (χ1v) is 8.09. The van der Waals surface area contributed by atoms with Gasteiger partial charge in [0.2, 0.25) is 0 Å². The number of hydrogen-bond donors (Lipinski definition) is 0. The average Bonchev–Trinajstić information content (AvgIpc) is 3.31. The highest BCUT2D eigenvalue weighted by atomic mass is 35.5. The van der Waals surface area contributed by atoms with Crippen LogP contribution in [0.25, 0.3) is 0 Å². The minimum Gasteiger partial charge on any atom is -0.486 e. The fourth-order valence-electron chi connectivity index (χ4n) is 2.20. The van der Waals surface area contributed by atoms with E-state index in [-0.39, 0.29) is 0 Å². The molecular weight excluding hydrogens is 308 g/mol.